The molecule has 2 aromatic rings. The number of aromatic hydroxyl groups is 1. The molecule has 110 valence electrons. The molecule has 1 aliphatic carbocycles. The van der Waals surface area contributed by atoms with Crippen LogP contribution in [0.4, 0.5) is 10.1 Å². The predicted octanol–water partition coefficient (Wildman–Crippen LogP) is 4.58. The lowest BCUT2D eigenvalue weighted by Gasteiger charge is -2.20. The summed E-state index contributed by atoms with van der Waals surface area (Å²) >= 11 is 0. The molecule has 0 saturated carbocycles. The maximum Gasteiger partial charge on any atom is 0.166 e. The zero-order chi connectivity index (χ0) is 14.8. The van der Waals surface area contributed by atoms with Crippen molar-refractivity contribution in [2.24, 2.45) is 0 Å². The predicted molar refractivity (Wildman–Crippen MR) is 83.2 cm³/mol. The van der Waals surface area contributed by atoms with Gasteiger partial charge >= 0.3 is 0 Å². The van der Waals surface area contributed by atoms with Crippen LogP contribution >= 0.6 is 0 Å². The van der Waals surface area contributed by atoms with Crippen molar-refractivity contribution in [2.45, 2.75) is 38.6 Å². The van der Waals surface area contributed by atoms with Crippen LogP contribution in [-0.2, 0) is 12.8 Å². The van der Waals surface area contributed by atoms with Crippen molar-refractivity contribution in [3.8, 4) is 5.75 Å². The molecule has 21 heavy (non-hydrogen) atoms. The van der Waals surface area contributed by atoms with Crippen molar-refractivity contribution in [1.29, 1.82) is 0 Å². The summed E-state index contributed by atoms with van der Waals surface area (Å²) < 4.78 is 13.4. The second-order valence-electron chi connectivity index (χ2n) is 5.77. The number of anilines is 1. The number of hydrogen-bond acceptors (Lipinski definition) is 2. The molecule has 0 saturated heterocycles. The van der Waals surface area contributed by atoms with Crippen LogP contribution in [0.5, 0.6) is 5.75 Å². The lowest BCUT2D eigenvalue weighted by molar-refractivity contribution is 0.432. The third-order valence-corrected chi connectivity index (χ3v) is 4.20. The molecule has 1 atom stereocenters. The van der Waals surface area contributed by atoms with E-state index >= 15 is 0 Å². The first-order valence-corrected chi connectivity index (χ1v) is 7.50. The molecule has 0 heterocycles. The molecule has 3 heteroatoms. The SMILES string of the molecule is CC(Nc1ccc(O)c(F)c1)c1ccc2c(c1)CCCC2. The number of aryl methyl sites for hydroxylation is 2. The minimum absolute atomic E-state index is 0.0983. The zero-order valence-electron chi connectivity index (χ0n) is 12.2. The quantitative estimate of drug-likeness (QED) is 0.809. The first-order valence-electron chi connectivity index (χ1n) is 7.50. The van der Waals surface area contributed by atoms with Crippen LogP contribution in [0.15, 0.2) is 36.4 Å². The maximum atomic E-state index is 13.4. The number of benzene rings is 2. The van der Waals surface area contributed by atoms with Gasteiger partial charge in [-0.2, -0.15) is 0 Å². The number of phenols is 1. The van der Waals surface area contributed by atoms with E-state index < -0.39 is 5.82 Å². The molecule has 2 aromatic carbocycles. The average Bonchev–Trinajstić information content (AvgIpc) is 2.50. The van der Waals surface area contributed by atoms with Crippen molar-refractivity contribution in [3.05, 3.63) is 58.9 Å². The van der Waals surface area contributed by atoms with E-state index in [1.165, 1.54) is 48.1 Å². The van der Waals surface area contributed by atoms with Crippen LogP contribution in [-0.4, -0.2) is 5.11 Å². The van der Waals surface area contributed by atoms with Crippen LogP contribution in [0.3, 0.4) is 0 Å². The van der Waals surface area contributed by atoms with Gasteiger partial charge in [0, 0.05) is 17.8 Å². The molecular formula is C18H20FNO. The Morgan fingerprint density at radius 3 is 2.57 bits per heavy atom. The molecule has 0 spiro atoms. The summed E-state index contributed by atoms with van der Waals surface area (Å²) in [4.78, 5) is 0. The van der Waals surface area contributed by atoms with Crippen molar-refractivity contribution in [2.75, 3.05) is 5.32 Å². The molecule has 1 unspecified atom stereocenters. The van der Waals surface area contributed by atoms with E-state index in [-0.39, 0.29) is 11.8 Å². The minimum Gasteiger partial charge on any atom is -0.505 e. The summed E-state index contributed by atoms with van der Waals surface area (Å²) in [5, 5.41) is 12.5. The Kier molecular flexibility index (Phi) is 3.82. The van der Waals surface area contributed by atoms with Gasteiger partial charge in [-0.3, -0.25) is 0 Å². The molecular weight excluding hydrogens is 265 g/mol. The lowest BCUT2D eigenvalue weighted by atomic mass is 9.89. The lowest BCUT2D eigenvalue weighted by Crippen LogP contribution is -2.09. The summed E-state index contributed by atoms with van der Waals surface area (Å²) in [5.41, 5.74) is 4.80. The fourth-order valence-corrected chi connectivity index (χ4v) is 2.95. The highest BCUT2D eigenvalue weighted by atomic mass is 19.1. The number of hydrogen-bond donors (Lipinski definition) is 2. The topological polar surface area (TPSA) is 32.3 Å². The van der Waals surface area contributed by atoms with Gasteiger partial charge in [0.1, 0.15) is 0 Å². The van der Waals surface area contributed by atoms with Crippen LogP contribution in [0.25, 0.3) is 0 Å². The highest BCUT2D eigenvalue weighted by Gasteiger charge is 2.13. The Morgan fingerprint density at radius 1 is 1.05 bits per heavy atom. The molecule has 2 N–H and O–H groups in total. The van der Waals surface area contributed by atoms with Crippen molar-refractivity contribution < 1.29 is 9.50 Å². The van der Waals surface area contributed by atoms with Gasteiger partial charge in [0.25, 0.3) is 0 Å². The number of rotatable bonds is 3. The zero-order valence-corrected chi connectivity index (χ0v) is 12.2. The molecule has 0 bridgehead atoms. The number of halogens is 1. The van der Waals surface area contributed by atoms with Crippen LogP contribution in [0.2, 0.25) is 0 Å². The maximum absolute atomic E-state index is 13.4. The summed E-state index contributed by atoms with van der Waals surface area (Å²) in [6, 6.07) is 11.1. The molecule has 1 aliphatic rings. The fraction of sp³-hybridized carbons (Fsp3) is 0.333. The Labute approximate surface area is 124 Å². The highest BCUT2D eigenvalue weighted by molar-refractivity contribution is 5.49. The van der Waals surface area contributed by atoms with E-state index in [4.69, 9.17) is 0 Å². The second kappa shape index (κ2) is 5.76. The van der Waals surface area contributed by atoms with Crippen LogP contribution in [0, 0.1) is 5.82 Å². The van der Waals surface area contributed by atoms with E-state index in [0.717, 1.165) is 6.42 Å². The smallest absolute Gasteiger partial charge is 0.166 e. The largest absolute Gasteiger partial charge is 0.505 e. The molecule has 0 radical (unpaired) electrons. The minimum atomic E-state index is -0.599. The average molecular weight is 285 g/mol. The molecule has 0 amide bonds. The Bertz CT molecular complexity index is 654. The number of nitrogens with one attached hydrogen (secondary N) is 1. The summed E-state index contributed by atoms with van der Waals surface area (Å²) in [6.45, 7) is 2.06. The molecule has 2 nitrogen and oxygen atoms in total. The van der Waals surface area contributed by atoms with Gasteiger partial charge in [-0.25, -0.2) is 4.39 Å². The number of fused-ring (bicyclic) bond motifs is 1. The molecule has 0 aromatic heterocycles. The summed E-state index contributed by atoms with van der Waals surface area (Å²) in [5.74, 6) is -0.917. The van der Waals surface area contributed by atoms with E-state index in [1.54, 1.807) is 6.07 Å². The van der Waals surface area contributed by atoms with E-state index in [1.807, 2.05) is 0 Å². The normalized spacial score (nSPS) is 15.3. The molecule has 3 rings (SSSR count). The molecule has 0 aliphatic heterocycles. The van der Waals surface area contributed by atoms with E-state index in [9.17, 15) is 9.50 Å². The number of phenolic OH excluding ortho intramolecular Hbond substituents is 1. The van der Waals surface area contributed by atoms with Crippen LogP contribution in [0.1, 0.15) is 42.5 Å². The Morgan fingerprint density at radius 2 is 1.81 bits per heavy atom. The van der Waals surface area contributed by atoms with Gasteiger partial charge < -0.3 is 10.4 Å². The van der Waals surface area contributed by atoms with Crippen molar-refractivity contribution in [3.63, 3.8) is 0 Å². The first-order chi connectivity index (χ1) is 10.1. The highest BCUT2D eigenvalue weighted by Crippen LogP contribution is 2.27. The van der Waals surface area contributed by atoms with Gasteiger partial charge in [-0.1, -0.05) is 18.2 Å². The van der Waals surface area contributed by atoms with Gasteiger partial charge in [-0.15, -0.1) is 0 Å². The van der Waals surface area contributed by atoms with Gasteiger partial charge in [0.15, 0.2) is 11.6 Å². The Balaban J connectivity index is 1.78. The Hall–Kier alpha value is -2.03. The van der Waals surface area contributed by atoms with E-state index in [0.29, 0.717) is 5.69 Å². The first kappa shape index (κ1) is 13.9. The third-order valence-electron chi connectivity index (χ3n) is 4.20. The van der Waals surface area contributed by atoms with Gasteiger partial charge in [-0.05, 0) is 61.4 Å². The fourth-order valence-electron chi connectivity index (χ4n) is 2.95. The van der Waals surface area contributed by atoms with Gasteiger partial charge in [0.2, 0.25) is 0 Å². The summed E-state index contributed by atoms with van der Waals surface area (Å²) in [6.07, 6.45) is 4.89. The standard InChI is InChI=1S/C18H20FNO/c1-12(20-16-8-9-18(21)17(19)11-16)14-7-6-13-4-2-3-5-15(13)10-14/h6-12,20-21H,2-5H2,1H3. The van der Waals surface area contributed by atoms with Gasteiger partial charge in [0.05, 0.1) is 0 Å². The summed E-state index contributed by atoms with van der Waals surface area (Å²) in [7, 11) is 0. The van der Waals surface area contributed by atoms with Crippen molar-refractivity contribution in [1.82, 2.24) is 0 Å². The monoisotopic (exact) mass is 285 g/mol. The van der Waals surface area contributed by atoms with Crippen LogP contribution < -0.4 is 5.32 Å². The third kappa shape index (κ3) is 3.02. The van der Waals surface area contributed by atoms with E-state index in [2.05, 4.69) is 30.4 Å². The van der Waals surface area contributed by atoms with Crippen molar-refractivity contribution >= 4 is 5.69 Å². The second-order valence-corrected chi connectivity index (χ2v) is 5.77. The molecule has 0 fully saturated rings.